The van der Waals surface area contributed by atoms with Crippen LogP contribution in [0.5, 0.6) is 0 Å². The lowest BCUT2D eigenvalue weighted by atomic mass is 10.1. The van der Waals surface area contributed by atoms with Crippen molar-refractivity contribution < 1.29 is 18.0 Å². The smallest absolute Gasteiger partial charge is 0.267 e. The van der Waals surface area contributed by atoms with Gasteiger partial charge in [-0.2, -0.15) is 0 Å². The number of nitrogens with one attached hydrogen (secondary N) is 2. The molecule has 0 fully saturated rings. The highest BCUT2D eigenvalue weighted by Crippen LogP contribution is 2.38. The van der Waals surface area contributed by atoms with Crippen LogP contribution < -0.4 is 14.9 Å². The lowest BCUT2D eigenvalue weighted by Gasteiger charge is -2.36. The molecule has 2 aromatic carbocycles. The van der Waals surface area contributed by atoms with E-state index in [1.807, 2.05) is 12.1 Å². The number of carbonyl (C=O) groups excluding carboxylic acids is 2. The van der Waals surface area contributed by atoms with Gasteiger partial charge in [0.1, 0.15) is 10.9 Å². The number of nitrogens with zero attached hydrogens (tertiary/aromatic N) is 3. The van der Waals surface area contributed by atoms with E-state index in [1.165, 1.54) is 12.3 Å². The Kier molecular flexibility index (Phi) is 6.34. The third-order valence-corrected chi connectivity index (χ3v) is 7.84. The third-order valence-electron chi connectivity index (χ3n) is 5.98. The zero-order valence-electron chi connectivity index (χ0n) is 19.2. The van der Waals surface area contributed by atoms with Gasteiger partial charge in [-0.1, -0.05) is 30.3 Å². The topological polar surface area (TPSA) is 121 Å². The highest BCUT2D eigenvalue weighted by Gasteiger charge is 2.42. The molecule has 0 bridgehead atoms. The molecule has 0 aliphatic carbocycles. The van der Waals surface area contributed by atoms with Gasteiger partial charge in [0.25, 0.3) is 10.0 Å². The summed E-state index contributed by atoms with van der Waals surface area (Å²) in [6.07, 6.45) is 5.11. The summed E-state index contributed by atoms with van der Waals surface area (Å²) in [5.41, 5.74) is 1.94. The monoisotopic (exact) mass is 501 g/mol. The van der Waals surface area contributed by atoms with Gasteiger partial charge in [0.2, 0.25) is 11.8 Å². The first-order valence-electron chi connectivity index (χ1n) is 11.4. The standard InChI is InChI=1S/C26H23N5O4S/c32-24(28-16-12-18-10-14-27-15-11-18)17-22-26(33)30-20-7-1-2-8-21(20)31(22)36(34,35)23-9-3-5-19-6-4-13-29-25(19)23/h1-11,13-15,22H,12,16-17H2,(H,28,32)(H,30,33). The molecule has 2 amide bonds. The van der Waals surface area contributed by atoms with Crippen molar-refractivity contribution in [3.63, 3.8) is 0 Å². The quantitative estimate of drug-likeness (QED) is 0.402. The lowest BCUT2D eigenvalue weighted by Crippen LogP contribution is -2.52. The number of carbonyl (C=O) groups is 2. The molecule has 36 heavy (non-hydrogen) atoms. The van der Waals surface area contributed by atoms with Crippen molar-refractivity contribution in [2.45, 2.75) is 23.8 Å². The van der Waals surface area contributed by atoms with Gasteiger partial charge < -0.3 is 10.6 Å². The van der Waals surface area contributed by atoms with E-state index in [0.717, 1.165) is 9.87 Å². The molecule has 1 atom stereocenters. The minimum absolute atomic E-state index is 0.0341. The van der Waals surface area contributed by atoms with Crippen molar-refractivity contribution in [2.24, 2.45) is 0 Å². The molecular formula is C26H23N5O4S. The molecule has 2 N–H and O–H groups in total. The number of aromatic nitrogens is 2. The zero-order chi connectivity index (χ0) is 25.1. The molecule has 182 valence electrons. The Hall–Kier alpha value is -4.31. The number of anilines is 2. The maximum Gasteiger partial charge on any atom is 0.267 e. The fourth-order valence-electron chi connectivity index (χ4n) is 4.27. The molecule has 0 saturated heterocycles. The number of amides is 2. The summed E-state index contributed by atoms with van der Waals surface area (Å²) in [7, 11) is -4.27. The van der Waals surface area contributed by atoms with E-state index in [1.54, 1.807) is 60.9 Å². The Balaban J connectivity index is 1.47. The Morgan fingerprint density at radius 1 is 0.972 bits per heavy atom. The molecule has 1 aliphatic rings. The van der Waals surface area contributed by atoms with E-state index in [0.29, 0.717) is 35.2 Å². The number of fused-ring (bicyclic) bond motifs is 2. The summed E-state index contributed by atoms with van der Waals surface area (Å²) in [5.74, 6) is -1.01. The van der Waals surface area contributed by atoms with Crippen LogP contribution in [0.2, 0.25) is 0 Å². The molecule has 4 aromatic rings. The highest BCUT2D eigenvalue weighted by atomic mass is 32.2. The molecule has 0 spiro atoms. The number of benzene rings is 2. The van der Waals surface area contributed by atoms with Crippen molar-refractivity contribution in [3.05, 3.63) is 90.9 Å². The van der Waals surface area contributed by atoms with Gasteiger partial charge >= 0.3 is 0 Å². The number of hydrogen-bond acceptors (Lipinski definition) is 6. The summed E-state index contributed by atoms with van der Waals surface area (Å²) in [5, 5.41) is 6.18. The van der Waals surface area contributed by atoms with E-state index >= 15 is 0 Å². The molecule has 0 radical (unpaired) electrons. The number of pyridine rings is 2. The zero-order valence-corrected chi connectivity index (χ0v) is 20.0. The first-order valence-corrected chi connectivity index (χ1v) is 12.8. The average molecular weight is 502 g/mol. The van der Waals surface area contributed by atoms with Crippen LogP contribution in [0.1, 0.15) is 12.0 Å². The minimum Gasteiger partial charge on any atom is -0.356 e. The molecule has 9 nitrogen and oxygen atoms in total. The second-order valence-electron chi connectivity index (χ2n) is 8.31. The van der Waals surface area contributed by atoms with Crippen LogP contribution in [0.15, 0.2) is 90.2 Å². The van der Waals surface area contributed by atoms with E-state index in [2.05, 4.69) is 20.6 Å². The van der Waals surface area contributed by atoms with Gasteiger partial charge in [-0.25, -0.2) is 8.42 Å². The predicted molar refractivity (Wildman–Crippen MR) is 136 cm³/mol. The van der Waals surface area contributed by atoms with Gasteiger partial charge in [0.15, 0.2) is 0 Å². The van der Waals surface area contributed by atoms with E-state index in [-0.39, 0.29) is 11.3 Å². The Morgan fingerprint density at radius 3 is 2.58 bits per heavy atom. The van der Waals surface area contributed by atoms with Crippen LogP contribution >= 0.6 is 0 Å². The molecule has 5 rings (SSSR count). The largest absolute Gasteiger partial charge is 0.356 e. The molecule has 1 aliphatic heterocycles. The van der Waals surface area contributed by atoms with Crippen LogP contribution in [-0.4, -0.2) is 42.8 Å². The molecule has 2 aromatic heterocycles. The van der Waals surface area contributed by atoms with Crippen molar-refractivity contribution in [1.82, 2.24) is 15.3 Å². The normalized spacial score (nSPS) is 15.3. The van der Waals surface area contributed by atoms with Crippen LogP contribution in [0, 0.1) is 0 Å². The summed E-state index contributed by atoms with van der Waals surface area (Å²) in [6.45, 7) is 0.341. The number of sulfonamides is 1. The van der Waals surface area contributed by atoms with Gasteiger partial charge in [0.05, 0.1) is 23.3 Å². The molecule has 3 heterocycles. The van der Waals surface area contributed by atoms with E-state index in [9.17, 15) is 18.0 Å². The Bertz CT molecular complexity index is 1540. The summed E-state index contributed by atoms with van der Waals surface area (Å²) >= 11 is 0. The van der Waals surface area contributed by atoms with Crippen molar-refractivity contribution in [3.8, 4) is 0 Å². The summed E-state index contributed by atoms with van der Waals surface area (Å²) < 4.78 is 29.2. The Labute approximate surface area is 208 Å². The number of para-hydroxylation sites is 3. The second-order valence-corrected chi connectivity index (χ2v) is 10.1. The van der Waals surface area contributed by atoms with Crippen LogP contribution in [0.25, 0.3) is 10.9 Å². The van der Waals surface area contributed by atoms with Crippen LogP contribution in [0.3, 0.4) is 0 Å². The summed E-state index contributed by atoms with van der Waals surface area (Å²) in [4.78, 5) is 34.2. The van der Waals surface area contributed by atoms with E-state index in [4.69, 9.17) is 0 Å². The summed E-state index contributed by atoms with van der Waals surface area (Å²) in [6, 6.07) is 17.4. The van der Waals surface area contributed by atoms with E-state index < -0.39 is 27.9 Å². The molecule has 10 heteroatoms. The van der Waals surface area contributed by atoms with Gasteiger partial charge in [0, 0.05) is 30.5 Å². The lowest BCUT2D eigenvalue weighted by molar-refractivity contribution is -0.125. The first-order chi connectivity index (χ1) is 17.4. The average Bonchev–Trinajstić information content (AvgIpc) is 2.89. The van der Waals surface area contributed by atoms with Gasteiger partial charge in [-0.05, 0) is 48.4 Å². The van der Waals surface area contributed by atoms with Gasteiger partial charge in [-0.15, -0.1) is 0 Å². The number of hydrogen-bond donors (Lipinski definition) is 2. The molecule has 1 unspecified atom stereocenters. The first kappa shape index (κ1) is 23.4. The minimum atomic E-state index is -4.27. The third kappa shape index (κ3) is 4.50. The maximum absolute atomic E-state index is 14.1. The second kappa shape index (κ2) is 9.74. The Morgan fingerprint density at radius 2 is 1.75 bits per heavy atom. The van der Waals surface area contributed by atoms with Gasteiger partial charge in [-0.3, -0.25) is 23.9 Å². The maximum atomic E-state index is 14.1. The van der Waals surface area contributed by atoms with Crippen molar-refractivity contribution in [1.29, 1.82) is 0 Å². The molecular weight excluding hydrogens is 478 g/mol. The van der Waals surface area contributed by atoms with Crippen molar-refractivity contribution in [2.75, 3.05) is 16.2 Å². The number of rotatable bonds is 7. The van der Waals surface area contributed by atoms with Crippen LogP contribution in [-0.2, 0) is 26.0 Å². The molecule has 0 saturated carbocycles. The van der Waals surface area contributed by atoms with Crippen molar-refractivity contribution >= 4 is 44.1 Å². The fourth-order valence-corrected chi connectivity index (χ4v) is 6.07. The van der Waals surface area contributed by atoms with Crippen LogP contribution in [0.4, 0.5) is 11.4 Å². The predicted octanol–water partition coefficient (Wildman–Crippen LogP) is 2.89. The highest BCUT2D eigenvalue weighted by molar-refractivity contribution is 7.93. The SMILES string of the molecule is O=C(CC1C(=O)Nc2ccccc2N1S(=O)(=O)c1cccc2cccnc12)NCCc1ccncc1. The fraction of sp³-hybridized carbons (Fsp3) is 0.154.